The van der Waals surface area contributed by atoms with E-state index >= 15 is 0 Å². The SMILES string of the molecule is CN(C)c1ccc2nnc(CNc3cnccn3)n2n1. The summed E-state index contributed by atoms with van der Waals surface area (Å²) >= 11 is 0. The van der Waals surface area contributed by atoms with Gasteiger partial charge in [0.15, 0.2) is 11.5 Å². The van der Waals surface area contributed by atoms with E-state index in [-0.39, 0.29) is 0 Å². The Morgan fingerprint density at radius 3 is 2.85 bits per heavy atom. The second-order valence-corrected chi connectivity index (χ2v) is 4.42. The molecular weight excluding hydrogens is 256 g/mol. The third kappa shape index (κ3) is 2.35. The molecule has 0 spiro atoms. The van der Waals surface area contributed by atoms with Gasteiger partial charge in [0.05, 0.1) is 12.7 Å². The fraction of sp³-hybridized carbons (Fsp3) is 0.250. The van der Waals surface area contributed by atoms with Gasteiger partial charge in [0.1, 0.15) is 11.6 Å². The zero-order valence-electron chi connectivity index (χ0n) is 11.2. The van der Waals surface area contributed by atoms with Crippen LogP contribution in [0.5, 0.6) is 0 Å². The maximum Gasteiger partial charge on any atom is 0.178 e. The molecule has 0 saturated heterocycles. The Morgan fingerprint density at radius 2 is 2.10 bits per heavy atom. The molecule has 3 heterocycles. The Balaban J connectivity index is 1.86. The van der Waals surface area contributed by atoms with Gasteiger partial charge >= 0.3 is 0 Å². The molecule has 0 saturated carbocycles. The minimum Gasteiger partial charge on any atom is -0.361 e. The van der Waals surface area contributed by atoms with E-state index in [0.717, 1.165) is 5.82 Å². The highest BCUT2D eigenvalue weighted by Crippen LogP contribution is 2.10. The average molecular weight is 270 g/mol. The molecule has 3 aromatic heterocycles. The van der Waals surface area contributed by atoms with Crippen LogP contribution in [0.25, 0.3) is 5.65 Å². The highest BCUT2D eigenvalue weighted by molar-refractivity contribution is 5.45. The van der Waals surface area contributed by atoms with Crippen molar-refractivity contribution >= 4 is 17.3 Å². The Kier molecular flexibility index (Phi) is 3.12. The molecule has 8 heteroatoms. The predicted molar refractivity (Wildman–Crippen MR) is 74.5 cm³/mol. The van der Waals surface area contributed by atoms with Gasteiger partial charge in [0.2, 0.25) is 0 Å². The number of fused-ring (bicyclic) bond motifs is 1. The number of aromatic nitrogens is 6. The van der Waals surface area contributed by atoms with Crippen LogP contribution in [-0.4, -0.2) is 43.9 Å². The molecule has 3 rings (SSSR count). The molecule has 0 unspecified atom stereocenters. The molecule has 3 aromatic rings. The molecule has 0 aliphatic heterocycles. The Morgan fingerprint density at radius 1 is 1.20 bits per heavy atom. The first-order chi connectivity index (χ1) is 9.74. The van der Waals surface area contributed by atoms with E-state index in [1.54, 1.807) is 23.1 Å². The molecule has 102 valence electrons. The van der Waals surface area contributed by atoms with Crippen LogP contribution in [0.3, 0.4) is 0 Å². The van der Waals surface area contributed by atoms with Crippen molar-refractivity contribution in [2.24, 2.45) is 0 Å². The zero-order chi connectivity index (χ0) is 13.9. The normalized spacial score (nSPS) is 10.7. The van der Waals surface area contributed by atoms with Gasteiger partial charge < -0.3 is 10.2 Å². The van der Waals surface area contributed by atoms with Crippen LogP contribution in [0, 0.1) is 0 Å². The Bertz CT molecular complexity index is 706. The molecule has 8 nitrogen and oxygen atoms in total. The highest BCUT2D eigenvalue weighted by atomic mass is 15.4. The summed E-state index contributed by atoms with van der Waals surface area (Å²) < 4.78 is 1.72. The number of rotatable bonds is 4. The molecule has 0 bridgehead atoms. The van der Waals surface area contributed by atoms with Gasteiger partial charge in [0, 0.05) is 26.5 Å². The van der Waals surface area contributed by atoms with Gasteiger partial charge in [-0.3, -0.25) is 4.98 Å². The Hall–Kier alpha value is -2.77. The third-order valence-corrected chi connectivity index (χ3v) is 2.76. The van der Waals surface area contributed by atoms with E-state index in [4.69, 9.17) is 0 Å². The van der Waals surface area contributed by atoms with Crippen LogP contribution in [0.4, 0.5) is 11.6 Å². The van der Waals surface area contributed by atoms with Gasteiger partial charge in [-0.25, -0.2) is 4.98 Å². The molecule has 0 fully saturated rings. The van der Waals surface area contributed by atoms with Crippen molar-refractivity contribution in [1.29, 1.82) is 0 Å². The molecule has 0 atom stereocenters. The van der Waals surface area contributed by atoms with Gasteiger partial charge in [-0.1, -0.05) is 0 Å². The number of nitrogens with one attached hydrogen (secondary N) is 1. The topological polar surface area (TPSA) is 84.1 Å². The van der Waals surface area contributed by atoms with E-state index in [9.17, 15) is 0 Å². The molecule has 0 radical (unpaired) electrons. The first-order valence-electron chi connectivity index (χ1n) is 6.12. The summed E-state index contributed by atoms with van der Waals surface area (Å²) in [4.78, 5) is 10.1. The van der Waals surface area contributed by atoms with E-state index in [1.807, 2.05) is 31.1 Å². The standard InChI is InChI=1S/C12H14N8/c1-19(2)11-4-3-10-16-17-12(20(10)18-11)8-15-9-7-13-5-6-14-9/h3-7H,8H2,1-2H3,(H,14,15). The molecule has 20 heavy (non-hydrogen) atoms. The maximum absolute atomic E-state index is 4.49. The summed E-state index contributed by atoms with van der Waals surface area (Å²) in [5.74, 6) is 2.25. The van der Waals surface area contributed by atoms with Crippen molar-refractivity contribution in [2.45, 2.75) is 6.54 Å². The van der Waals surface area contributed by atoms with E-state index in [0.29, 0.717) is 23.8 Å². The minimum atomic E-state index is 0.476. The van der Waals surface area contributed by atoms with Crippen molar-refractivity contribution in [1.82, 2.24) is 29.8 Å². The van der Waals surface area contributed by atoms with Crippen molar-refractivity contribution in [3.05, 3.63) is 36.5 Å². The fourth-order valence-electron chi connectivity index (χ4n) is 1.73. The van der Waals surface area contributed by atoms with Crippen molar-refractivity contribution in [2.75, 3.05) is 24.3 Å². The summed E-state index contributed by atoms with van der Waals surface area (Å²) in [7, 11) is 3.88. The summed E-state index contributed by atoms with van der Waals surface area (Å²) in [5.41, 5.74) is 0.714. The molecule has 0 aromatic carbocycles. The molecular formula is C12H14N8. The van der Waals surface area contributed by atoms with Crippen molar-refractivity contribution < 1.29 is 0 Å². The summed E-state index contributed by atoms with van der Waals surface area (Å²) in [6, 6.07) is 3.80. The zero-order valence-corrected chi connectivity index (χ0v) is 11.2. The van der Waals surface area contributed by atoms with Crippen LogP contribution in [0.15, 0.2) is 30.7 Å². The number of hydrogen-bond donors (Lipinski definition) is 1. The van der Waals surface area contributed by atoms with Gasteiger partial charge in [-0.2, -0.15) is 4.52 Å². The lowest BCUT2D eigenvalue weighted by molar-refractivity contribution is 0.816. The lowest BCUT2D eigenvalue weighted by atomic mass is 10.5. The minimum absolute atomic E-state index is 0.476. The molecule has 1 N–H and O–H groups in total. The number of nitrogens with zero attached hydrogens (tertiary/aromatic N) is 7. The number of anilines is 2. The monoisotopic (exact) mass is 270 g/mol. The van der Waals surface area contributed by atoms with E-state index in [1.165, 1.54) is 0 Å². The summed E-state index contributed by atoms with van der Waals surface area (Å²) in [6.45, 7) is 0.476. The molecule has 0 aliphatic carbocycles. The van der Waals surface area contributed by atoms with Crippen LogP contribution in [-0.2, 0) is 6.54 Å². The quantitative estimate of drug-likeness (QED) is 0.742. The van der Waals surface area contributed by atoms with E-state index < -0.39 is 0 Å². The lowest BCUT2D eigenvalue weighted by Crippen LogP contribution is -2.14. The summed E-state index contributed by atoms with van der Waals surface area (Å²) in [6.07, 6.45) is 4.91. The number of hydrogen-bond acceptors (Lipinski definition) is 7. The van der Waals surface area contributed by atoms with E-state index in [2.05, 4.69) is 30.6 Å². The van der Waals surface area contributed by atoms with Crippen molar-refractivity contribution in [3.63, 3.8) is 0 Å². The fourth-order valence-corrected chi connectivity index (χ4v) is 1.73. The van der Waals surface area contributed by atoms with Crippen LogP contribution < -0.4 is 10.2 Å². The lowest BCUT2D eigenvalue weighted by Gasteiger charge is -2.10. The average Bonchev–Trinajstić information content (AvgIpc) is 2.88. The van der Waals surface area contributed by atoms with Crippen LogP contribution in [0.1, 0.15) is 5.82 Å². The van der Waals surface area contributed by atoms with Gasteiger partial charge in [0.25, 0.3) is 0 Å². The Labute approximate surface area is 115 Å². The van der Waals surface area contributed by atoms with Gasteiger partial charge in [-0.05, 0) is 12.1 Å². The second-order valence-electron chi connectivity index (χ2n) is 4.42. The van der Waals surface area contributed by atoms with Crippen LogP contribution in [0.2, 0.25) is 0 Å². The molecule has 0 amide bonds. The van der Waals surface area contributed by atoms with Crippen molar-refractivity contribution in [3.8, 4) is 0 Å². The maximum atomic E-state index is 4.49. The second kappa shape index (κ2) is 5.08. The predicted octanol–water partition coefficient (Wildman–Crippen LogP) is 0.592. The first kappa shape index (κ1) is 12.3. The first-order valence-corrected chi connectivity index (χ1v) is 6.12. The molecule has 0 aliphatic rings. The highest BCUT2D eigenvalue weighted by Gasteiger charge is 2.08. The third-order valence-electron chi connectivity index (χ3n) is 2.76. The smallest absolute Gasteiger partial charge is 0.178 e. The van der Waals surface area contributed by atoms with Crippen LogP contribution >= 0.6 is 0 Å². The summed E-state index contributed by atoms with van der Waals surface area (Å²) in [5, 5.41) is 15.8. The largest absolute Gasteiger partial charge is 0.361 e. The van der Waals surface area contributed by atoms with Gasteiger partial charge in [-0.15, -0.1) is 15.3 Å².